The van der Waals surface area contributed by atoms with Gasteiger partial charge in [0.1, 0.15) is 22.7 Å². The summed E-state index contributed by atoms with van der Waals surface area (Å²) in [5.74, 6) is 0.949. The molecular formula is C16H15FO2S. The number of ether oxygens (including phenoxy) is 1. The van der Waals surface area contributed by atoms with Crippen molar-refractivity contribution in [2.24, 2.45) is 0 Å². The van der Waals surface area contributed by atoms with Crippen LogP contribution < -0.4 is 4.74 Å². The molecule has 0 aromatic heterocycles. The minimum Gasteiger partial charge on any atom is -0.612 e. The molecule has 0 aliphatic carbocycles. The molecule has 0 aliphatic heterocycles. The first-order valence-electron chi connectivity index (χ1n) is 6.11. The van der Waals surface area contributed by atoms with Crippen molar-refractivity contribution in [3.8, 4) is 5.75 Å². The molecule has 1 atom stereocenters. The summed E-state index contributed by atoms with van der Waals surface area (Å²) in [5.41, 5.74) is 1.81. The highest BCUT2D eigenvalue weighted by atomic mass is 32.2. The van der Waals surface area contributed by atoms with E-state index in [-0.39, 0.29) is 5.82 Å². The molecule has 1 unspecified atom stereocenters. The quantitative estimate of drug-likeness (QED) is 0.785. The lowest BCUT2D eigenvalue weighted by atomic mass is 10.2. The molecule has 0 fully saturated rings. The molecular weight excluding hydrogens is 275 g/mol. The smallest absolute Gasteiger partial charge is 0.135 e. The lowest BCUT2D eigenvalue weighted by Gasteiger charge is -2.06. The molecule has 0 amide bonds. The van der Waals surface area contributed by atoms with Crippen molar-refractivity contribution in [2.75, 3.05) is 7.11 Å². The third kappa shape index (κ3) is 4.40. The highest BCUT2D eigenvalue weighted by molar-refractivity contribution is 7.93. The second kappa shape index (κ2) is 7.12. The van der Waals surface area contributed by atoms with Gasteiger partial charge in [-0.3, -0.25) is 0 Å². The molecule has 2 nitrogen and oxygen atoms in total. The molecule has 0 N–H and O–H groups in total. The first-order chi connectivity index (χ1) is 9.67. The van der Waals surface area contributed by atoms with E-state index in [1.807, 2.05) is 24.3 Å². The molecule has 0 spiro atoms. The number of hydrogen-bond acceptors (Lipinski definition) is 2. The second-order valence-electron chi connectivity index (χ2n) is 4.23. The Morgan fingerprint density at radius 3 is 2.35 bits per heavy atom. The summed E-state index contributed by atoms with van der Waals surface area (Å²) in [4.78, 5) is 0. The fourth-order valence-corrected chi connectivity index (χ4v) is 2.59. The van der Waals surface area contributed by atoms with E-state index in [2.05, 4.69) is 0 Å². The zero-order chi connectivity index (χ0) is 14.4. The third-order valence-electron chi connectivity index (χ3n) is 2.75. The van der Waals surface area contributed by atoms with Gasteiger partial charge in [0, 0.05) is 5.56 Å². The van der Waals surface area contributed by atoms with Gasteiger partial charge in [0.15, 0.2) is 0 Å². The summed E-state index contributed by atoms with van der Waals surface area (Å²) in [6.07, 6.45) is 1.74. The Bertz CT molecular complexity index is 564. The van der Waals surface area contributed by atoms with E-state index in [0.717, 1.165) is 16.9 Å². The van der Waals surface area contributed by atoms with Crippen molar-refractivity contribution in [1.82, 2.24) is 0 Å². The molecule has 0 saturated carbocycles. The first kappa shape index (κ1) is 14.6. The predicted molar refractivity (Wildman–Crippen MR) is 80.3 cm³/mol. The van der Waals surface area contributed by atoms with Gasteiger partial charge >= 0.3 is 0 Å². The van der Waals surface area contributed by atoms with Crippen molar-refractivity contribution in [3.05, 3.63) is 70.9 Å². The van der Waals surface area contributed by atoms with Gasteiger partial charge in [-0.15, -0.1) is 0 Å². The van der Waals surface area contributed by atoms with E-state index in [1.165, 1.54) is 12.1 Å². The van der Waals surface area contributed by atoms with Gasteiger partial charge in [0.2, 0.25) is 0 Å². The van der Waals surface area contributed by atoms with Crippen LogP contribution in [0.4, 0.5) is 4.39 Å². The second-order valence-corrected chi connectivity index (χ2v) is 5.55. The minimum absolute atomic E-state index is 0.276. The summed E-state index contributed by atoms with van der Waals surface area (Å²) in [6, 6.07) is 13.5. The summed E-state index contributed by atoms with van der Waals surface area (Å²) in [6.45, 7) is 0. The monoisotopic (exact) mass is 290 g/mol. The topological polar surface area (TPSA) is 32.3 Å². The van der Waals surface area contributed by atoms with E-state index in [4.69, 9.17) is 4.74 Å². The summed E-state index contributed by atoms with van der Waals surface area (Å²) in [5, 5.41) is 1.62. The van der Waals surface area contributed by atoms with E-state index >= 15 is 0 Å². The zero-order valence-electron chi connectivity index (χ0n) is 11.1. The molecule has 0 heterocycles. The summed E-state index contributed by atoms with van der Waals surface area (Å²) >= 11 is -1.10. The van der Waals surface area contributed by atoms with Crippen LogP contribution in [-0.2, 0) is 16.9 Å². The Balaban J connectivity index is 1.94. The van der Waals surface area contributed by atoms with Crippen LogP contribution >= 0.6 is 0 Å². The Morgan fingerprint density at radius 1 is 1.10 bits per heavy atom. The highest BCUT2D eigenvalue weighted by Crippen LogP contribution is 2.15. The largest absolute Gasteiger partial charge is 0.612 e. The normalized spacial score (nSPS) is 12.6. The highest BCUT2D eigenvalue weighted by Gasteiger charge is 2.04. The van der Waals surface area contributed by atoms with Crippen LogP contribution in [0.25, 0.3) is 6.08 Å². The number of benzene rings is 2. The lowest BCUT2D eigenvalue weighted by molar-refractivity contribution is 0.414. The number of rotatable bonds is 5. The van der Waals surface area contributed by atoms with Crippen LogP contribution in [0.1, 0.15) is 11.1 Å². The standard InChI is InChI=1S/C16H15FO2S/c1-19-16-8-4-14(5-9-16)12-20(18)11-10-13-2-6-15(17)7-3-13/h2-11H,12H2,1H3/b11-10+. The SMILES string of the molecule is COc1ccc(C[S+]([O-])/C=C/c2ccc(F)cc2)cc1. The van der Waals surface area contributed by atoms with Gasteiger partial charge in [-0.05, 0) is 47.1 Å². The van der Waals surface area contributed by atoms with Gasteiger partial charge in [-0.1, -0.05) is 24.3 Å². The van der Waals surface area contributed by atoms with Crippen LogP contribution in [0.3, 0.4) is 0 Å². The van der Waals surface area contributed by atoms with Gasteiger partial charge < -0.3 is 9.29 Å². The third-order valence-corrected chi connectivity index (χ3v) is 3.81. The van der Waals surface area contributed by atoms with E-state index in [0.29, 0.717) is 5.75 Å². The number of hydrogen-bond donors (Lipinski definition) is 0. The summed E-state index contributed by atoms with van der Waals surface area (Å²) < 4.78 is 29.7. The molecule has 0 aliphatic rings. The first-order valence-corrected chi connectivity index (χ1v) is 7.49. The van der Waals surface area contributed by atoms with Crippen molar-refractivity contribution >= 4 is 17.3 Å². The van der Waals surface area contributed by atoms with E-state index in [9.17, 15) is 8.94 Å². The van der Waals surface area contributed by atoms with E-state index < -0.39 is 11.2 Å². The predicted octanol–water partition coefficient (Wildman–Crippen LogP) is 3.75. The van der Waals surface area contributed by atoms with E-state index in [1.54, 1.807) is 30.7 Å². The fourth-order valence-electron chi connectivity index (χ4n) is 1.66. The average Bonchev–Trinajstić information content (AvgIpc) is 2.47. The van der Waals surface area contributed by atoms with Crippen LogP contribution in [0.2, 0.25) is 0 Å². The van der Waals surface area contributed by atoms with Crippen LogP contribution in [0.5, 0.6) is 5.75 Å². The van der Waals surface area contributed by atoms with Gasteiger partial charge in [-0.25, -0.2) is 4.39 Å². The van der Waals surface area contributed by atoms with Gasteiger partial charge in [-0.2, -0.15) is 0 Å². The number of halogens is 1. The molecule has 2 aromatic carbocycles. The van der Waals surface area contributed by atoms with Crippen molar-refractivity contribution in [1.29, 1.82) is 0 Å². The van der Waals surface area contributed by atoms with Gasteiger partial charge in [0.05, 0.1) is 7.11 Å². The maximum Gasteiger partial charge on any atom is 0.135 e. The minimum atomic E-state index is -1.10. The van der Waals surface area contributed by atoms with Crippen LogP contribution in [-0.4, -0.2) is 11.7 Å². The Morgan fingerprint density at radius 2 is 1.75 bits per heavy atom. The average molecular weight is 290 g/mol. The maximum atomic E-state index is 12.7. The molecule has 20 heavy (non-hydrogen) atoms. The van der Waals surface area contributed by atoms with Crippen LogP contribution in [0, 0.1) is 5.82 Å². The lowest BCUT2D eigenvalue weighted by Crippen LogP contribution is -2.00. The van der Waals surface area contributed by atoms with Crippen molar-refractivity contribution < 1.29 is 13.7 Å². The Kier molecular flexibility index (Phi) is 5.21. The number of methoxy groups -OCH3 is 1. The molecule has 0 saturated heterocycles. The molecule has 4 heteroatoms. The maximum absolute atomic E-state index is 12.7. The molecule has 104 valence electrons. The van der Waals surface area contributed by atoms with Gasteiger partial charge in [0.25, 0.3) is 0 Å². The van der Waals surface area contributed by atoms with Crippen LogP contribution in [0.15, 0.2) is 53.9 Å². The zero-order valence-corrected chi connectivity index (χ0v) is 11.9. The molecule has 0 bridgehead atoms. The molecule has 0 radical (unpaired) electrons. The summed E-state index contributed by atoms with van der Waals surface area (Å²) in [7, 11) is 1.61. The molecule has 2 rings (SSSR count). The Hall–Kier alpha value is -1.78. The van der Waals surface area contributed by atoms with Crippen molar-refractivity contribution in [3.63, 3.8) is 0 Å². The Labute approximate surface area is 121 Å². The fraction of sp³-hybridized carbons (Fsp3) is 0.125. The van der Waals surface area contributed by atoms with Crippen molar-refractivity contribution in [2.45, 2.75) is 5.75 Å². The molecule has 2 aromatic rings.